The van der Waals surface area contributed by atoms with Crippen LogP contribution in [0.2, 0.25) is 0 Å². The summed E-state index contributed by atoms with van der Waals surface area (Å²) in [5, 5.41) is 3.20. The highest BCUT2D eigenvalue weighted by molar-refractivity contribution is 9.11. The zero-order valence-corrected chi connectivity index (χ0v) is 13.8. The van der Waals surface area contributed by atoms with Crippen LogP contribution in [0.5, 0.6) is 0 Å². The van der Waals surface area contributed by atoms with E-state index in [1.165, 1.54) is 7.11 Å². The number of carbonyl (C=O) groups is 1. The van der Waals surface area contributed by atoms with Gasteiger partial charge in [-0.05, 0) is 62.2 Å². The lowest BCUT2D eigenvalue weighted by atomic mass is 10.1. The molecule has 0 amide bonds. The first kappa shape index (κ1) is 14.9. The van der Waals surface area contributed by atoms with Crippen molar-refractivity contribution in [3.8, 4) is 0 Å². The number of nitrogens with two attached hydrogens (primary N) is 1. The summed E-state index contributed by atoms with van der Waals surface area (Å²) in [4.78, 5) is 11.8. The Bertz CT molecular complexity index is 639. The molecule has 3 N–H and O–H groups in total. The van der Waals surface area contributed by atoms with Gasteiger partial charge in [0.05, 0.1) is 24.0 Å². The second-order valence-electron chi connectivity index (χ2n) is 4.02. The van der Waals surface area contributed by atoms with Gasteiger partial charge in [-0.3, -0.25) is 0 Å². The highest BCUT2D eigenvalue weighted by Gasteiger charge is 2.14. The van der Waals surface area contributed by atoms with E-state index in [0.29, 0.717) is 16.9 Å². The predicted octanol–water partition coefficient (Wildman–Crippen LogP) is 4.32. The Labute approximate surface area is 133 Å². The van der Waals surface area contributed by atoms with E-state index in [1.54, 1.807) is 18.2 Å². The van der Waals surface area contributed by atoms with Gasteiger partial charge in [-0.15, -0.1) is 0 Å². The average molecular weight is 400 g/mol. The molecule has 2 rings (SSSR count). The molecule has 4 nitrogen and oxygen atoms in total. The maximum Gasteiger partial charge on any atom is 0.340 e. The van der Waals surface area contributed by atoms with E-state index in [0.717, 1.165) is 14.6 Å². The number of halogens is 2. The van der Waals surface area contributed by atoms with Gasteiger partial charge < -0.3 is 15.8 Å². The SMILES string of the molecule is COC(=O)c1cc(N)ccc1Nc1c(Br)cccc1Br. The number of hydrogen-bond acceptors (Lipinski definition) is 4. The fraction of sp³-hybridized carbons (Fsp3) is 0.0714. The molecule has 0 aliphatic heterocycles. The summed E-state index contributed by atoms with van der Waals surface area (Å²) in [5.74, 6) is -0.442. The van der Waals surface area contributed by atoms with E-state index in [2.05, 4.69) is 37.2 Å². The molecule has 0 fully saturated rings. The maximum absolute atomic E-state index is 11.8. The molecule has 0 aliphatic rings. The maximum atomic E-state index is 11.8. The second-order valence-corrected chi connectivity index (χ2v) is 5.73. The van der Waals surface area contributed by atoms with Gasteiger partial charge in [-0.1, -0.05) is 6.07 Å². The molecule has 0 saturated heterocycles. The standard InChI is InChI=1S/C14H12Br2N2O2/c1-20-14(19)9-7-8(17)5-6-12(9)18-13-10(15)3-2-4-11(13)16/h2-7,18H,17H2,1H3. The quantitative estimate of drug-likeness (QED) is 0.595. The first-order chi connectivity index (χ1) is 9.52. The topological polar surface area (TPSA) is 64.3 Å². The molecule has 2 aromatic rings. The number of carbonyl (C=O) groups excluding carboxylic acids is 1. The van der Waals surface area contributed by atoms with Gasteiger partial charge in [-0.2, -0.15) is 0 Å². The minimum Gasteiger partial charge on any atom is -0.465 e. The van der Waals surface area contributed by atoms with Crippen LogP contribution in [-0.2, 0) is 4.74 Å². The number of methoxy groups -OCH3 is 1. The van der Waals surface area contributed by atoms with Crippen LogP contribution in [0, 0.1) is 0 Å². The Hall–Kier alpha value is -1.53. The molecule has 0 bridgehead atoms. The zero-order valence-electron chi connectivity index (χ0n) is 10.6. The van der Waals surface area contributed by atoms with Crippen LogP contribution in [0.4, 0.5) is 17.1 Å². The molecule has 0 saturated carbocycles. The highest BCUT2D eigenvalue weighted by Crippen LogP contribution is 2.34. The third-order valence-electron chi connectivity index (χ3n) is 2.67. The highest BCUT2D eigenvalue weighted by atomic mass is 79.9. The van der Waals surface area contributed by atoms with Crippen molar-refractivity contribution in [1.29, 1.82) is 0 Å². The number of ether oxygens (including phenoxy) is 1. The number of nitrogens with one attached hydrogen (secondary N) is 1. The van der Waals surface area contributed by atoms with Gasteiger partial charge in [0.15, 0.2) is 0 Å². The van der Waals surface area contributed by atoms with Gasteiger partial charge in [0.1, 0.15) is 0 Å². The minimum absolute atomic E-state index is 0.384. The van der Waals surface area contributed by atoms with Crippen LogP contribution in [-0.4, -0.2) is 13.1 Å². The van der Waals surface area contributed by atoms with Crippen molar-refractivity contribution in [2.75, 3.05) is 18.2 Å². The Morgan fingerprint density at radius 3 is 2.45 bits per heavy atom. The zero-order chi connectivity index (χ0) is 14.7. The van der Waals surface area contributed by atoms with E-state index < -0.39 is 5.97 Å². The Morgan fingerprint density at radius 1 is 1.20 bits per heavy atom. The fourth-order valence-corrected chi connectivity index (χ4v) is 2.90. The number of para-hydroxylation sites is 1. The number of anilines is 3. The van der Waals surface area contributed by atoms with Gasteiger partial charge in [-0.25, -0.2) is 4.79 Å². The molecule has 0 radical (unpaired) electrons. The van der Waals surface area contributed by atoms with Gasteiger partial charge >= 0.3 is 5.97 Å². The summed E-state index contributed by atoms with van der Waals surface area (Å²) in [5.41, 5.74) is 8.05. The van der Waals surface area contributed by atoms with Crippen LogP contribution < -0.4 is 11.1 Å². The van der Waals surface area contributed by atoms with E-state index in [-0.39, 0.29) is 0 Å². The van der Waals surface area contributed by atoms with Crippen molar-refractivity contribution in [1.82, 2.24) is 0 Å². The molecule has 0 atom stereocenters. The first-order valence-corrected chi connectivity index (χ1v) is 7.30. The summed E-state index contributed by atoms with van der Waals surface area (Å²) in [6, 6.07) is 10.8. The fourth-order valence-electron chi connectivity index (χ4n) is 1.70. The van der Waals surface area contributed by atoms with Gasteiger partial charge in [0.2, 0.25) is 0 Å². The summed E-state index contributed by atoms with van der Waals surface area (Å²) in [7, 11) is 1.34. The molecule has 0 aliphatic carbocycles. The van der Waals surface area contributed by atoms with Crippen LogP contribution in [0.3, 0.4) is 0 Å². The summed E-state index contributed by atoms with van der Waals surface area (Å²) in [6.45, 7) is 0. The largest absolute Gasteiger partial charge is 0.465 e. The van der Waals surface area contributed by atoms with Gasteiger partial charge in [0, 0.05) is 14.6 Å². The molecule has 104 valence electrons. The number of rotatable bonds is 3. The van der Waals surface area contributed by atoms with Crippen molar-refractivity contribution in [3.05, 3.63) is 50.9 Å². The molecule has 0 spiro atoms. The number of nitrogen functional groups attached to an aromatic ring is 1. The van der Waals surface area contributed by atoms with Crippen molar-refractivity contribution in [3.63, 3.8) is 0 Å². The molecule has 0 heterocycles. The molecule has 0 aromatic heterocycles. The Balaban J connectivity index is 2.46. The third kappa shape index (κ3) is 3.13. The number of benzene rings is 2. The van der Waals surface area contributed by atoms with E-state index in [4.69, 9.17) is 10.5 Å². The van der Waals surface area contributed by atoms with Crippen molar-refractivity contribution in [2.45, 2.75) is 0 Å². The van der Waals surface area contributed by atoms with Crippen LogP contribution in [0.1, 0.15) is 10.4 Å². The first-order valence-electron chi connectivity index (χ1n) is 5.72. The smallest absolute Gasteiger partial charge is 0.340 e. The lowest BCUT2D eigenvalue weighted by molar-refractivity contribution is 0.0602. The predicted molar refractivity (Wildman–Crippen MR) is 87.3 cm³/mol. The summed E-state index contributed by atoms with van der Waals surface area (Å²) in [6.07, 6.45) is 0. The average Bonchev–Trinajstić information content (AvgIpc) is 2.43. The molecule has 6 heteroatoms. The van der Waals surface area contributed by atoms with Crippen LogP contribution >= 0.6 is 31.9 Å². The van der Waals surface area contributed by atoms with E-state index in [1.807, 2.05) is 18.2 Å². The van der Waals surface area contributed by atoms with Gasteiger partial charge in [0.25, 0.3) is 0 Å². The Kier molecular flexibility index (Phi) is 4.67. The molecular formula is C14H12Br2N2O2. The van der Waals surface area contributed by atoms with Crippen molar-refractivity contribution >= 4 is 54.9 Å². The lowest BCUT2D eigenvalue weighted by Gasteiger charge is -2.14. The van der Waals surface area contributed by atoms with Crippen LogP contribution in [0.15, 0.2) is 45.3 Å². The normalized spacial score (nSPS) is 10.2. The number of esters is 1. The summed E-state index contributed by atoms with van der Waals surface area (Å²) < 4.78 is 6.52. The molecular weight excluding hydrogens is 388 g/mol. The molecule has 0 unspecified atom stereocenters. The Morgan fingerprint density at radius 2 is 1.85 bits per heavy atom. The second kappa shape index (κ2) is 6.28. The molecule has 20 heavy (non-hydrogen) atoms. The number of hydrogen-bond donors (Lipinski definition) is 2. The van der Waals surface area contributed by atoms with Crippen molar-refractivity contribution in [2.24, 2.45) is 0 Å². The van der Waals surface area contributed by atoms with E-state index >= 15 is 0 Å². The van der Waals surface area contributed by atoms with Crippen LogP contribution in [0.25, 0.3) is 0 Å². The van der Waals surface area contributed by atoms with Crippen molar-refractivity contribution < 1.29 is 9.53 Å². The van der Waals surface area contributed by atoms with E-state index in [9.17, 15) is 4.79 Å². The third-order valence-corrected chi connectivity index (χ3v) is 3.99. The lowest BCUT2D eigenvalue weighted by Crippen LogP contribution is -2.07. The summed E-state index contributed by atoms with van der Waals surface area (Å²) >= 11 is 6.93. The molecule has 2 aromatic carbocycles. The minimum atomic E-state index is -0.442. The monoisotopic (exact) mass is 398 g/mol.